The van der Waals surface area contributed by atoms with Gasteiger partial charge in [0.25, 0.3) is 0 Å². The number of morpholine rings is 1. The van der Waals surface area contributed by atoms with Crippen LogP contribution in [-0.4, -0.2) is 73.8 Å². The third-order valence-electron chi connectivity index (χ3n) is 3.66. The molecule has 1 heterocycles. The average Bonchev–Trinajstić information content (AvgIpc) is 2.46. The Morgan fingerprint density at radius 2 is 2.09 bits per heavy atom. The van der Waals surface area contributed by atoms with Crippen LogP contribution in [0, 0.1) is 0 Å². The van der Waals surface area contributed by atoms with Gasteiger partial charge >= 0.3 is 5.97 Å². The monoisotopic (exact) mass is 342 g/mol. The SMILES string of the molecule is CS(=O)(=O)N(CC(=O)O)CC1CN(Cc2ccccc2)CCO1. The lowest BCUT2D eigenvalue weighted by molar-refractivity contribution is -0.137. The predicted octanol–water partition coefficient (Wildman–Crippen LogP) is 0.234. The van der Waals surface area contributed by atoms with Gasteiger partial charge < -0.3 is 9.84 Å². The second-order valence-electron chi connectivity index (χ2n) is 5.66. The van der Waals surface area contributed by atoms with E-state index in [1.165, 1.54) is 5.56 Å². The molecular weight excluding hydrogens is 320 g/mol. The number of carboxylic acids is 1. The Bertz CT molecular complexity index is 620. The molecule has 0 aromatic heterocycles. The van der Waals surface area contributed by atoms with Crippen LogP contribution in [0.4, 0.5) is 0 Å². The largest absolute Gasteiger partial charge is 0.480 e. The minimum absolute atomic E-state index is 0.0520. The molecule has 8 heteroatoms. The number of carboxylic acid groups (broad SMARTS) is 1. The first kappa shape index (κ1) is 17.9. The van der Waals surface area contributed by atoms with Crippen LogP contribution < -0.4 is 0 Å². The fourth-order valence-electron chi connectivity index (χ4n) is 2.57. The van der Waals surface area contributed by atoms with Crippen LogP contribution in [0.25, 0.3) is 0 Å². The number of hydrogen-bond donors (Lipinski definition) is 1. The molecule has 2 rings (SSSR count). The zero-order valence-corrected chi connectivity index (χ0v) is 13.9. The number of benzene rings is 1. The number of hydrogen-bond acceptors (Lipinski definition) is 5. The second kappa shape index (κ2) is 7.87. The van der Waals surface area contributed by atoms with Gasteiger partial charge in [-0.05, 0) is 5.56 Å². The van der Waals surface area contributed by atoms with E-state index in [4.69, 9.17) is 9.84 Å². The van der Waals surface area contributed by atoms with E-state index in [0.29, 0.717) is 13.2 Å². The summed E-state index contributed by atoms with van der Waals surface area (Å²) in [6.45, 7) is 2.11. The summed E-state index contributed by atoms with van der Waals surface area (Å²) >= 11 is 0. The molecule has 1 aromatic carbocycles. The fourth-order valence-corrected chi connectivity index (χ4v) is 3.35. The summed E-state index contributed by atoms with van der Waals surface area (Å²) in [6, 6.07) is 9.99. The van der Waals surface area contributed by atoms with Crippen LogP contribution in [-0.2, 0) is 26.1 Å². The van der Waals surface area contributed by atoms with Crippen LogP contribution in [0.1, 0.15) is 5.56 Å². The third-order valence-corrected chi connectivity index (χ3v) is 4.88. The minimum atomic E-state index is -3.58. The molecule has 1 aliphatic rings. The van der Waals surface area contributed by atoms with Gasteiger partial charge in [-0.2, -0.15) is 4.31 Å². The van der Waals surface area contributed by atoms with Gasteiger partial charge in [-0.1, -0.05) is 30.3 Å². The molecule has 1 aliphatic heterocycles. The van der Waals surface area contributed by atoms with Crippen molar-refractivity contribution < 1.29 is 23.1 Å². The Hall–Kier alpha value is -1.48. The van der Waals surface area contributed by atoms with Crippen molar-refractivity contribution in [3.8, 4) is 0 Å². The smallest absolute Gasteiger partial charge is 0.318 e. The Labute approximate surface area is 136 Å². The standard InChI is InChI=1S/C15H22N2O5S/c1-23(20,21)17(12-15(18)19)11-14-10-16(7-8-22-14)9-13-5-3-2-4-6-13/h2-6,14H,7-12H2,1H3,(H,18,19). The fraction of sp³-hybridized carbons (Fsp3) is 0.533. The van der Waals surface area contributed by atoms with E-state index < -0.39 is 22.5 Å². The van der Waals surface area contributed by atoms with Gasteiger partial charge in [0.05, 0.1) is 19.0 Å². The molecule has 0 radical (unpaired) electrons. The molecule has 23 heavy (non-hydrogen) atoms. The number of aliphatic carboxylic acids is 1. The van der Waals surface area contributed by atoms with Gasteiger partial charge in [-0.3, -0.25) is 9.69 Å². The van der Waals surface area contributed by atoms with Crippen LogP contribution in [0.3, 0.4) is 0 Å². The number of ether oxygens (including phenoxy) is 1. The first-order valence-corrected chi connectivity index (χ1v) is 9.24. The minimum Gasteiger partial charge on any atom is -0.480 e. The molecule has 0 spiro atoms. The highest BCUT2D eigenvalue weighted by molar-refractivity contribution is 7.88. The van der Waals surface area contributed by atoms with Crippen molar-refractivity contribution in [3.63, 3.8) is 0 Å². The van der Waals surface area contributed by atoms with E-state index in [2.05, 4.69) is 4.90 Å². The Balaban J connectivity index is 1.95. The van der Waals surface area contributed by atoms with Crippen molar-refractivity contribution in [1.82, 2.24) is 9.21 Å². The maximum Gasteiger partial charge on any atom is 0.318 e. The van der Waals surface area contributed by atoms with Crippen LogP contribution in [0.2, 0.25) is 0 Å². The van der Waals surface area contributed by atoms with E-state index in [1.54, 1.807) is 0 Å². The molecule has 1 aromatic rings. The van der Waals surface area contributed by atoms with Crippen molar-refractivity contribution in [3.05, 3.63) is 35.9 Å². The van der Waals surface area contributed by atoms with Crippen molar-refractivity contribution in [2.45, 2.75) is 12.6 Å². The van der Waals surface area contributed by atoms with E-state index in [0.717, 1.165) is 23.7 Å². The number of carbonyl (C=O) groups is 1. The van der Waals surface area contributed by atoms with Crippen molar-refractivity contribution in [1.29, 1.82) is 0 Å². The molecule has 0 bridgehead atoms. The quantitative estimate of drug-likeness (QED) is 0.763. The van der Waals surface area contributed by atoms with Crippen molar-refractivity contribution in [2.75, 3.05) is 39.0 Å². The van der Waals surface area contributed by atoms with Gasteiger partial charge in [0.1, 0.15) is 6.54 Å². The van der Waals surface area contributed by atoms with Crippen molar-refractivity contribution in [2.24, 2.45) is 0 Å². The summed E-state index contributed by atoms with van der Waals surface area (Å²) < 4.78 is 30.0. The molecule has 7 nitrogen and oxygen atoms in total. The predicted molar refractivity (Wildman–Crippen MR) is 85.5 cm³/mol. The first-order chi connectivity index (χ1) is 10.8. The molecule has 128 valence electrons. The average molecular weight is 342 g/mol. The topological polar surface area (TPSA) is 87.2 Å². The van der Waals surface area contributed by atoms with Gasteiger partial charge in [-0.25, -0.2) is 8.42 Å². The molecule has 1 N–H and O–H groups in total. The zero-order valence-electron chi connectivity index (χ0n) is 13.1. The van der Waals surface area contributed by atoms with E-state index in [9.17, 15) is 13.2 Å². The summed E-state index contributed by atoms with van der Waals surface area (Å²) in [6.07, 6.45) is 0.682. The number of rotatable bonds is 7. The normalized spacial score (nSPS) is 19.8. The Kier molecular flexibility index (Phi) is 6.11. The Morgan fingerprint density at radius 3 is 2.70 bits per heavy atom. The van der Waals surface area contributed by atoms with Gasteiger partial charge in [-0.15, -0.1) is 0 Å². The zero-order chi connectivity index (χ0) is 16.9. The van der Waals surface area contributed by atoms with Crippen molar-refractivity contribution >= 4 is 16.0 Å². The molecule has 1 unspecified atom stereocenters. The van der Waals surface area contributed by atoms with E-state index in [-0.39, 0.29) is 12.6 Å². The molecule has 0 amide bonds. The lowest BCUT2D eigenvalue weighted by Gasteiger charge is -2.34. The number of sulfonamides is 1. The first-order valence-electron chi connectivity index (χ1n) is 7.39. The molecule has 1 atom stereocenters. The lowest BCUT2D eigenvalue weighted by atomic mass is 10.2. The van der Waals surface area contributed by atoms with E-state index >= 15 is 0 Å². The van der Waals surface area contributed by atoms with Crippen LogP contribution in [0.15, 0.2) is 30.3 Å². The van der Waals surface area contributed by atoms with Gasteiger partial charge in [0.2, 0.25) is 10.0 Å². The van der Waals surface area contributed by atoms with Crippen LogP contribution in [0.5, 0.6) is 0 Å². The van der Waals surface area contributed by atoms with Gasteiger partial charge in [0.15, 0.2) is 0 Å². The summed E-state index contributed by atoms with van der Waals surface area (Å²) in [4.78, 5) is 13.0. The second-order valence-corrected chi connectivity index (χ2v) is 7.65. The molecule has 0 aliphatic carbocycles. The molecule has 0 saturated carbocycles. The summed E-state index contributed by atoms with van der Waals surface area (Å²) in [5.41, 5.74) is 1.18. The highest BCUT2D eigenvalue weighted by Crippen LogP contribution is 2.12. The molecular formula is C15H22N2O5S. The maximum absolute atomic E-state index is 11.7. The summed E-state index contributed by atoms with van der Waals surface area (Å²) in [5, 5.41) is 8.87. The maximum atomic E-state index is 11.7. The van der Waals surface area contributed by atoms with E-state index in [1.807, 2.05) is 30.3 Å². The van der Waals surface area contributed by atoms with Crippen LogP contribution >= 0.6 is 0 Å². The summed E-state index contributed by atoms with van der Waals surface area (Å²) in [5.74, 6) is -1.17. The molecule has 1 fully saturated rings. The van der Waals surface area contributed by atoms with Gasteiger partial charge in [0, 0.05) is 26.2 Å². The molecule has 1 saturated heterocycles. The number of nitrogens with zero attached hydrogens (tertiary/aromatic N) is 2. The highest BCUT2D eigenvalue weighted by atomic mass is 32.2. The highest BCUT2D eigenvalue weighted by Gasteiger charge is 2.28. The third kappa shape index (κ3) is 5.91. The summed E-state index contributed by atoms with van der Waals surface area (Å²) in [7, 11) is -3.58. The lowest BCUT2D eigenvalue weighted by Crippen LogP contribution is -2.49. The Morgan fingerprint density at radius 1 is 1.39 bits per heavy atom.